The second kappa shape index (κ2) is 8.98. The molecule has 0 radical (unpaired) electrons. The summed E-state index contributed by atoms with van der Waals surface area (Å²) in [7, 11) is 1.81. The summed E-state index contributed by atoms with van der Waals surface area (Å²) in [5.74, 6) is 1.54. The molecule has 1 aromatic heterocycles. The van der Waals surface area contributed by atoms with E-state index in [1.54, 1.807) is 13.2 Å². The molecular weight excluding hydrogens is 286 g/mol. The Hall–Kier alpha value is -2.30. The van der Waals surface area contributed by atoms with E-state index in [9.17, 15) is 0 Å². The lowest BCUT2D eigenvalue weighted by atomic mass is 10.1. The van der Waals surface area contributed by atoms with E-state index in [0.29, 0.717) is 5.92 Å². The fourth-order valence-electron chi connectivity index (χ4n) is 2.33. The zero-order valence-electron chi connectivity index (χ0n) is 14.3. The molecule has 0 spiro atoms. The Labute approximate surface area is 138 Å². The van der Waals surface area contributed by atoms with E-state index >= 15 is 0 Å². The molecule has 0 bridgehead atoms. The van der Waals surface area contributed by atoms with Crippen molar-refractivity contribution in [3.8, 4) is 0 Å². The van der Waals surface area contributed by atoms with E-state index in [4.69, 9.17) is 0 Å². The minimum Gasteiger partial charge on any atom is -0.356 e. The van der Waals surface area contributed by atoms with E-state index < -0.39 is 0 Å². The van der Waals surface area contributed by atoms with Gasteiger partial charge in [-0.1, -0.05) is 38.1 Å². The van der Waals surface area contributed by atoms with Crippen molar-refractivity contribution in [2.24, 2.45) is 10.9 Å². The first kappa shape index (κ1) is 17.1. The Bertz CT molecular complexity index is 602. The average Bonchev–Trinajstić information content (AvgIpc) is 3.04. The van der Waals surface area contributed by atoms with Crippen LogP contribution < -0.4 is 10.6 Å². The zero-order chi connectivity index (χ0) is 16.5. The van der Waals surface area contributed by atoms with Crippen molar-refractivity contribution in [1.82, 2.24) is 20.4 Å². The van der Waals surface area contributed by atoms with Crippen LogP contribution in [0.4, 0.5) is 0 Å². The number of guanidine groups is 1. The first-order valence-electron chi connectivity index (χ1n) is 8.17. The fraction of sp³-hybridized carbons (Fsp3) is 0.444. The third-order valence-corrected chi connectivity index (χ3v) is 3.69. The summed E-state index contributed by atoms with van der Waals surface area (Å²) in [5, 5.41) is 11.0. The monoisotopic (exact) mass is 313 g/mol. The van der Waals surface area contributed by atoms with Gasteiger partial charge in [0.15, 0.2) is 5.96 Å². The number of nitrogens with zero attached hydrogens (tertiary/aromatic N) is 3. The van der Waals surface area contributed by atoms with Gasteiger partial charge in [0.25, 0.3) is 0 Å². The Balaban J connectivity index is 1.91. The number of nitrogens with one attached hydrogen (secondary N) is 2. The van der Waals surface area contributed by atoms with Gasteiger partial charge < -0.3 is 10.6 Å². The molecule has 23 heavy (non-hydrogen) atoms. The van der Waals surface area contributed by atoms with Crippen molar-refractivity contribution < 1.29 is 0 Å². The number of hydrogen-bond donors (Lipinski definition) is 2. The summed E-state index contributed by atoms with van der Waals surface area (Å²) >= 11 is 0. The maximum absolute atomic E-state index is 4.28. The van der Waals surface area contributed by atoms with Gasteiger partial charge in [0.1, 0.15) is 0 Å². The summed E-state index contributed by atoms with van der Waals surface area (Å²) in [4.78, 5) is 4.28. The average molecular weight is 313 g/mol. The Morgan fingerprint density at radius 3 is 2.61 bits per heavy atom. The lowest BCUT2D eigenvalue weighted by molar-refractivity contribution is 0.573. The maximum atomic E-state index is 4.28. The van der Waals surface area contributed by atoms with Crippen LogP contribution in [0, 0.1) is 5.92 Å². The van der Waals surface area contributed by atoms with Crippen LogP contribution in [0.15, 0.2) is 47.7 Å². The normalized spacial score (nSPS) is 11.7. The number of aliphatic imine (C=N–C) groups is 1. The number of benzene rings is 1. The molecular formula is C18H27N5. The van der Waals surface area contributed by atoms with E-state index in [0.717, 1.165) is 32.0 Å². The number of rotatable bonds is 7. The van der Waals surface area contributed by atoms with Crippen LogP contribution in [-0.4, -0.2) is 29.3 Å². The summed E-state index contributed by atoms with van der Waals surface area (Å²) in [6.45, 7) is 6.92. The van der Waals surface area contributed by atoms with E-state index in [-0.39, 0.29) is 0 Å². The predicted molar refractivity (Wildman–Crippen MR) is 95.4 cm³/mol. The number of hydrogen-bond acceptors (Lipinski definition) is 2. The highest BCUT2D eigenvalue weighted by Gasteiger charge is 2.04. The molecule has 0 fully saturated rings. The molecule has 0 aliphatic carbocycles. The van der Waals surface area contributed by atoms with Gasteiger partial charge in [0.2, 0.25) is 0 Å². The van der Waals surface area contributed by atoms with Crippen LogP contribution >= 0.6 is 0 Å². The van der Waals surface area contributed by atoms with Gasteiger partial charge in [-0.3, -0.25) is 9.67 Å². The van der Waals surface area contributed by atoms with Crippen LogP contribution in [0.5, 0.6) is 0 Å². The molecule has 0 aliphatic heterocycles. The van der Waals surface area contributed by atoms with Crippen molar-refractivity contribution in [2.75, 3.05) is 13.6 Å². The molecule has 0 saturated heterocycles. The first-order valence-corrected chi connectivity index (χ1v) is 8.17. The molecule has 5 heteroatoms. The highest BCUT2D eigenvalue weighted by molar-refractivity contribution is 5.79. The van der Waals surface area contributed by atoms with E-state index in [1.807, 2.05) is 16.9 Å². The van der Waals surface area contributed by atoms with Crippen LogP contribution in [0.25, 0.3) is 0 Å². The Morgan fingerprint density at radius 1 is 1.17 bits per heavy atom. The summed E-state index contributed by atoms with van der Waals surface area (Å²) in [5.41, 5.74) is 2.52. The van der Waals surface area contributed by atoms with Gasteiger partial charge in [-0.15, -0.1) is 0 Å². The third kappa shape index (κ3) is 5.77. The summed E-state index contributed by atoms with van der Waals surface area (Å²) in [6, 6.07) is 10.4. The minimum atomic E-state index is 0.690. The SMILES string of the molecule is CN=C(NCCC(C)C)NCc1ccccc1Cn1cccn1. The largest absolute Gasteiger partial charge is 0.356 e. The van der Waals surface area contributed by atoms with Gasteiger partial charge in [-0.05, 0) is 29.5 Å². The van der Waals surface area contributed by atoms with Crippen LogP contribution in [0.3, 0.4) is 0 Å². The molecule has 0 atom stereocenters. The number of aromatic nitrogens is 2. The van der Waals surface area contributed by atoms with Crippen LogP contribution in [0.1, 0.15) is 31.4 Å². The highest BCUT2D eigenvalue weighted by Crippen LogP contribution is 2.10. The van der Waals surface area contributed by atoms with Crippen LogP contribution in [-0.2, 0) is 13.1 Å². The molecule has 0 saturated carbocycles. The van der Waals surface area contributed by atoms with Gasteiger partial charge in [0.05, 0.1) is 6.54 Å². The molecule has 1 aromatic carbocycles. The maximum Gasteiger partial charge on any atom is 0.191 e. The standard InChI is InChI=1S/C18H27N5/c1-15(2)9-11-20-18(19-3)21-13-16-7-4-5-8-17(16)14-23-12-6-10-22-23/h4-8,10,12,15H,9,11,13-14H2,1-3H3,(H2,19,20,21). The van der Waals surface area contributed by atoms with Crippen molar-refractivity contribution in [3.63, 3.8) is 0 Å². The Kier molecular flexibility index (Phi) is 6.66. The quantitative estimate of drug-likeness (QED) is 0.610. The third-order valence-electron chi connectivity index (χ3n) is 3.69. The molecule has 2 aromatic rings. The van der Waals surface area contributed by atoms with Gasteiger partial charge in [-0.25, -0.2) is 0 Å². The second-order valence-electron chi connectivity index (χ2n) is 6.01. The molecule has 5 nitrogen and oxygen atoms in total. The van der Waals surface area contributed by atoms with E-state index in [1.165, 1.54) is 11.1 Å². The lowest BCUT2D eigenvalue weighted by Gasteiger charge is -2.15. The van der Waals surface area contributed by atoms with Gasteiger partial charge >= 0.3 is 0 Å². The second-order valence-corrected chi connectivity index (χ2v) is 6.01. The Morgan fingerprint density at radius 2 is 1.96 bits per heavy atom. The first-order chi connectivity index (χ1) is 11.2. The van der Waals surface area contributed by atoms with Crippen LogP contribution in [0.2, 0.25) is 0 Å². The molecule has 1 heterocycles. The predicted octanol–water partition coefficient (Wildman–Crippen LogP) is 2.64. The smallest absolute Gasteiger partial charge is 0.191 e. The molecule has 0 aliphatic rings. The van der Waals surface area contributed by atoms with E-state index in [2.05, 4.69) is 58.8 Å². The minimum absolute atomic E-state index is 0.690. The highest BCUT2D eigenvalue weighted by atomic mass is 15.3. The summed E-state index contributed by atoms with van der Waals surface area (Å²) < 4.78 is 1.94. The molecule has 124 valence electrons. The van der Waals surface area contributed by atoms with Crippen molar-refractivity contribution in [2.45, 2.75) is 33.4 Å². The summed E-state index contributed by atoms with van der Waals surface area (Å²) in [6.07, 6.45) is 4.93. The zero-order valence-corrected chi connectivity index (χ0v) is 14.3. The molecule has 2 N–H and O–H groups in total. The van der Waals surface area contributed by atoms with Crippen molar-refractivity contribution >= 4 is 5.96 Å². The van der Waals surface area contributed by atoms with Gasteiger partial charge in [0, 0.05) is 32.5 Å². The fourth-order valence-corrected chi connectivity index (χ4v) is 2.33. The van der Waals surface area contributed by atoms with Gasteiger partial charge in [-0.2, -0.15) is 5.10 Å². The van der Waals surface area contributed by atoms with Crippen molar-refractivity contribution in [3.05, 3.63) is 53.9 Å². The lowest BCUT2D eigenvalue weighted by Crippen LogP contribution is -2.37. The molecule has 0 amide bonds. The molecule has 0 unspecified atom stereocenters. The topological polar surface area (TPSA) is 54.2 Å². The van der Waals surface area contributed by atoms with Crippen molar-refractivity contribution in [1.29, 1.82) is 0 Å². The molecule has 2 rings (SSSR count).